The van der Waals surface area contributed by atoms with Gasteiger partial charge in [-0.1, -0.05) is 74.7 Å². The van der Waals surface area contributed by atoms with E-state index in [1.54, 1.807) is 13.8 Å². The summed E-state index contributed by atoms with van der Waals surface area (Å²) in [7, 11) is 0. The number of aliphatic carboxylic acids is 1. The van der Waals surface area contributed by atoms with Crippen LogP contribution in [0.5, 0.6) is 0 Å². The standard InChI is InChI=1S/C27H32N2O5/c1-3-26(2,23(30)28-27(24(31)32)15-9-4-10-16-27)29-25(33)34-17-22-20-13-7-5-11-18(20)19-12-6-8-14-21(19)22/h5-8,11-14,22H,3-4,9-10,15-17H2,1-2H3,(H,28,30)(H,29,33)(H,31,32). The van der Waals surface area contributed by atoms with Gasteiger partial charge in [-0.15, -0.1) is 0 Å². The van der Waals surface area contributed by atoms with Crippen LogP contribution in [0.1, 0.15) is 69.4 Å². The summed E-state index contributed by atoms with van der Waals surface area (Å²) in [6, 6.07) is 16.1. The number of rotatable bonds is 7. The fourth-order valence-electron chi connectivity index (χ4n) is 5.07. The predicted molar refractivity (Wildman–Crippen MR) is 128 cm³/mol. The highest BCUT2D eigenvalue weighted by atomic mass is 16.5. The number of benzene rings is 2. The van der Waals surface area contributed by atoms with Gasteiger partial charge in [-0.05, 0) is 48.4 Å². The monoisotopic (exact) mass is 464 g/mol. The lowest BCUT2D eigenvalue weighted by molar-refractivity contribution is -0.150. The highest BCUT2D eigenvalue weighted by Gasteiger charge is 2.45. The lowest BCUT2D eigenvalue weighted by Gasteiger charge is -2.37. The van der Waals surface area contributed by atoms with E-state index < -0.39 is 29.0 Å². The van der Waals surface area contributed by atoms with Gasteiger partial charge in [-0.25, -0.2) is 9.59 Å². The van der Waals surface area contributed by atoms with Gasteiger partial charge in [0, 0.05) is 5.92 Å². The molecule has 0 aliphatic heterocycles. The van der Waals surface area contributed by atoms with Gasteiger partial charge >= 0.3 is 12.1 Å². The van der Waals surface area contributed by atoms with Crippen molar-refractivity contribution in [1.82, 2.24) is 10.6 Å². The number of hydrogen-bond donors (Lipinski definition) is 3. The van der Waals surface area contributed by atoms with Crippen LogP contribution in [-0.4, -0.2) is 40.8 Å². The molecule has 0 aromatic heterocycles. The number of carboxylic acids is 1. The zero-order valence-electron chi connectivity index (χ0n) is 19.7. The Morgan fingerprint density at radius 1 is 1.00 bits per heavy atom. The van der Waals surface area contributed by atoms with E-state index in [1.165, 1.54) is 0 Å². The van der Waals surface area contributed by atoms with Crippen molar-refractivity contribution in [1.29, 1.82) is 0 Å². The van der Waals surface area contributed by atoms with E-state index in [0.717, 1.165) is 41.5 Å². The number of amides is 2. The lowest BCUT2D eigenvalue weighted by atomic mass is 9.80. The molecule has 2 aromatic rings. The van der Waals surface area contributed by atoms with Gasteiger partial charge in [0.2, 0.25) is 5.91 Å². The van der Waals surface area contributed by atoms with Gasteiger partial charge in [0.15, 0.2) is 0 Å². The van der Waals surface area contributed by atoms with Crippen molar-refractivity contribution in [3.05, 3.63) is 59.7 Å². The number of nitrogens with one attached hydrogen (secondary N) is 2. The maximum Gasteiger partial charge on any atom is 0.408 e. The van der Waals surface area contributed by atoms with E-state index in [0.29, 0.717) is 19.3 Å². The first-order chi connectivity index (χ1) is 16.3. The molecule has 1 fully saturated rings. The molecule has 2 aliphatic rings. The first-order valence-electron chi connectivity index (χ1n) is 12.0. The molecule has 4 rings (SSSR count). The van der Waals surface area contributed by atoms with Crippen LogP contribution >= 0.6 is 0 Å². The maximum absolute atomic E-state index is 13.2. The normalized spacial score (nSPS) is 18.2. The third-order valence-corrected chi connectivity index (χ3v) is 7.40. The zero-order valence-corrected chi connectivity index (χ0v) is 19.7. The van der Waals surface area contributed by atoms with Crippen molar-refractivity contribution in [2.75, 3.05) is 6.61 Å². The summed E-state index contributed by atoms with van der Waals surface area (Å²) < 4.78 is 5.60. The van der Waals surface area contributed by atoms with E-state index in [4.69, 9.17) is 4.74 Å². The smallest absolute Gasteiger partial charge is 0.408 e. The first-order valence-corrected chi connectivity index (χ1v) is 12.0. The molecular formula is C27H32N2O5. The Kier molecular flexibility index (Phi) is 6.64. The van der Waals surface area contributed by atoms with Crippen LogP contribution in [0.25, 0.3) is 11.1 Å². The fourth-order valence-corrected chi connectivity index (χ4v) is 5.07. The second-order valence-corrected chi connectivity index (χ2v) is 9.54. The molecule has 2 aliphatic carbocycles. The Morgan fingerprint density at radius 2 is 1.56 bits per heavy atom. The number of ether oxygens (including phenoxy) is 1. The van der Waals surface area contributed by atoms with Crippen molar-refractivity contribution in [3.8, 4) is 11.1 Å². The minimum Gasteiger partial charge on any atom is -0.480 e. The van der Waals surface area contributed by atoms with E-state index in [2.05, 4.69) is 22.8 Å². The van der Waals surface area contributed by atoms with E-state index in [9.17, 15) is 19.5 Å². The molecule has 180 valence electrons. The van der Waals surface area contributed by atoms with Crippen LogP contribution in [-0.2, 0) is 14.3 Å². The van der Waals surface area contributed by atoms with Crippen molar-refractivity contribution < 1.29 is 24.2 Å². The number of carboxylic acid groups (broad SMARTS) is 1. The average molecular weight is 465 g/mol. The molecule has 2 aromatic carbocycles. The number of fused-ring (bicyclic) bond motifs is 3. The molecule has 1 atom stereocenters. The van der Waals surface area contributed by atoms with Crippen LogP contribution in [0.3, 0.4) is 0 Å². The van der Waals surface area contributed by atoms with E-state index in [1.807, 2.05) is 36.4 Å². The van der Waals surface area contributed by atoms with Gasteiger partial charge in [-0.3, -0.25) is 4.79 Å². The summed E-state index contributed by atoms with van der Waals surface area (Å²) in [5, 5.41) is 15.2. The Hall–Kier alpha value is -3.35. The van der Waals surface area contributed by atoms with Gasteiger partial charge in [0.1, 0.15) is 17.7 Å². The first kappa shape index (κ1) is 23.8. The number of carbonyl (C=O) groups is 3. The van der Waals surface area contributed by atoms with Crippen LogP contribution < -0.4 is 10.6 Å². The SMILES string of the molecule is CCC(C)(NC(=O)OCC1c2ccccc2-c2ccccc21)C(=O)NC1(C(=O)O)CCCCC1. The second kappa shape index (κ2) is 9.49. The zero-order chi connectivity index (χ0) is 24.3. The van der Waals surface area contributed by atoms with Crippen LogP contribution in [0.15, 0.2) is 48.5 Å². The Balaban J connectivity index is 1.43. The van der Waals surface area contributed by atoms with Crippen LogP contribution in [0.2, 0.25) is 0 Å². The highest BCUT2D eigenvalue weighted by molar-refractivity contribution is 5.94. The van der Waals surface area contributed by atoms with Gasteiger partial charge in [0.05, 0.1) is 0 Å². The van der Waals surface area contributed by atoms with Crippen molar-refractivity contribution in [2.24, 2.45) is 0 Å². The lowest BCUT2D eigenvalue weighted by Crippen LogP contribution is -2.64. The average Bonchev–Trinajstić information content (AvgIpc) is 3.17. The summed E-state index contributed by atoms with van der Waals surface area (Å²) in [6.45, 7) is 3.51. The Bertz CT molecular complexity index is 1050. The van der Waals surface area contributed by atoms with Gasteiger partial charge in [0.25, 0.3) is 0 Å². The number of alkyl carbamates (subject to hydrolysis) is 1. The largest absolute Gasteiger partial charge is 0.480 e. The van der Waals surface area contributed by atoms with Crippen LogP contribution in [0, 0.1) is 0 Å². The Morgan fingerprint density at radius 3 is 2.09 bits per heavy atom. The fraction of sp³-hybridized carbons (Fsp3) is 0.444. The summed E-state index contributed by atoms with van der Waals surface area (Å²) in [4.78, 5) is 37.9. The van der Waals surface area contributed by atoms with E-state index >= 15 is 0 Å². The van der Waals surface area contributed by atoms with Crippen molar-refractivity contribution in [3.63, 3.8) is 0 Å². The summed E-state index contributed by atoms with van der Waals surface area (Å²) >= 11 is 0. The minimum absolute atomic E-state index is 0.0858. The molecule has 2 amide bonds. The summed E-state index contributed by atoms with van der Waals surface area (Å²) in [5.41, 5.74) is 1.91. The highest BCUT2D eigenvalue weighted by Crippen LogP contribution is 2.44. The summed E-state index contributed by atoms with van der Waals surface area (Å²) in [5.74, 6) is -1.62. The maximum atomic E-state index is 13.2. The molecule has 0 heterocycles. The molecule has 34 heavy (non-hydrogen) atoms. The molecule has 1 saturated carbocycles. The molecular weight excluding hydrogens is 432 g/mol. The predicted octanol–water partition coefficient (Wildman–Crippen LogP) is 4.60. The molecule has 7 heteroatoms. The van der Waals surface area contributed by atoms with Crippen LogP contribution in [0.4, 0.5) is 4.79 Å². The molecule has 0 spiro atoms. The molecule has 3 N–H and O–H groups in total. The second-order valence-electron chi connectivity index (χ2n) is 9.54. The summed E-state index contributed by atoms with van der Waals surface area (Å²) in [6.07, 6.45) is 2.81. The van der Waals surface area contributed by atoms with Gasteiger partial charge in [-0.2, -0.15) is 0 Å². The third-order valence-electron chi connectivity index (χ3n) is 7.40. The number of carbonyl (C=O) groups excluding carboxylic acids is 2. The van der Waals surface area contributed by atoms with Crippen molar-refractivity contribution >= 4 is 18.0 Å². The van der Waals surface area contributed by atoms with Crippen molar-refractivity contribution in [2.45, 2.75) is 69.4 Å². The molecule has 0 radical (unpaired) electrons. The topological polar surface area (TPSA) is 105 Å². The quantitative estimate of drug-likeness (QED) is 0.556. The molecule has 7 nitrogen and oxygen atoms in total. The third kappa shape index (κ3) is 4.39. The molecule has 0 saturated heterocycles. The minimum atomic E-state index is -1.29. The number of hydrogen-bond acceptors (Lipinski definition) is 4. The van der Waals surface area contributed by atoms with E-state index in [-0.39, 0.29) is 12.5 Å². The molecule has 1 unspecified atom stereocenters. The Labute approximate surface area is 199 Å². The van der Waals surface area contributed by atoms with Gasteiger partial charge < -0.3 is 20.5 Å². The molecule has 0 bridgehead atoms.